The van der Waals surface area contributed by atoms with Gasteiger partial charge in [-0.05, 0) is 36.8 Å². The first-order chi connectivity index (χ1) is 13.8. The van der Waals surface area contributed by atoms with Crippen molar-refractivity contribution in [1.29, 1.82) is 0 Å². The minimum atomic E-state index is -0.929. The number of phenols is 1. The molecule has 9 heteroatoms. The van der Waals surface area contributed by atoms with Crippen molar-refractivity contribution in [3.8, 4) is 5.75 Å². The number of amides is 2. The van der Waals surface area contributed by atoms with E-state index in [0.29, 0.717) is 20.5 Å². The van der Waals surface area contributed by atoms with Crippen LogP contribution in [-0.4, -0.2) is 55.8 Å². The fraction of sp³-hybridized carbons (Fsp3) is 0.250. The fourth-order valence-corrected chi connectivity index (χ4v) is 4.30. The molecule has 2 unspecified atom stereocenters. The van der Waals surface area contributed by atoms with Crippen molar-refractivity contribution in [2.75, 3.05) is 13.6 Å². The molecule has 0 spiro atoms. The number of thioether (sulfide) groups is 1. The fourth-order valence-electron chi connectivity index (χ4n) is 2.90. The van der Waals surface area contributed by atoms with E-state index in [9.17, 15) is 19.8 Å². The van der Waals surface area contributed by atoms with Gasteiger partial charge in [0.15, 0.2) is 0 Å². The summed E-state index contributed by atoms with van der Waals surface area (Å²) in [6, 6.07) is 8.73. The van der Waals surface area contributed by atoms with Crippen LogP contribution in [0.15, 0.2) is 52.0 Å². The molecular weight excluding hydrogens is 412 g/mol. The summed E-state index contributed by atoms with van der Waals surface area (Å²) in [6.07, 6.45) is 2.17. The first kappa shape index (κ1) is 21.1. The van der Waals surface area contributed by atoms with Crippen molar-refractivity contribution in [3.05, 3.63) is 58.9 Å². The van der Waals surface area contributed by atoms with Gasteiger partial charge in [0.1, 0.15) is 21.9 Å². The Morgan fingerprint density at radius 3 is 2.66 bits per heavy atom. The number of thiocarbonyl (C=S) groups is 1. The van der Waals surface area contributed by atoms with Crippen molar-refractivity contribution < 1.29 is 24.2 Å². The highest BCUT2D eigenvalue weighted by molar-refractivity contribution is 8.26. The zero-order valence-corrected chi connectivity index (χ0v) is 17.4. The largest absolute Gasteiger partial charge is 0.508 e. The van der Waals surface area contributed by atoms with Crippen LogP contribution in [0.25, 0.3) is 6.08 Å². The lowest BCUT2D eigenvalue weighted by atomic mass is 10.1. The lowest BCUT2D eigenvalue weighted by Crippen LogP contribution is -2.48. The third-order valence-corrected chi connectivity index (χ3v) is 5.82. The number of hydrogen-bond acceptors (Lipinski definition) is 7. The Balaban J connectivity index is 1.67. The molecule has 1 aliphatic rings. The summed E-state index contributed by atoms with van der Waals surface area (Å²) in [5.74, 6) is -0.0855. The van der Waals surface area contributed by atoms with Gasteiger partial charge in [-0.15, -0.1) is 0 Å². The van der Waals surface area contributed by atoms with E-state index in [2.05, 4.69) is 0 Å². The maximum absolute atomic E-state index is 12.8. The zero-order chi connectivity index (χ0) is 21.1. The number of likely N-dealkylation sites (N-methyl/N-ethyl adjacent to an activating group) is 1. The van der Waals surface area contributed by atoms with E-state index in [1.54, 1.807) is 44.3 Å². The first-order valence-corrected chi connectivity index (χ1v) is 10.0. The molecule has 0 aliphatic carbocycles. The number of rotatable bonds is 6. The predicted molar refractivity (Wildman–Crippen MR) is 114 cm³/mol. The number of aromatic hydroxyl groups is 1. The molecule has 0 radical (unpaired) electrons. The predicted octanol–water partition coefficient (Wildman–Crippen LogP) is 2.77. The average molecular weight is 433 g/mol. The highest BCUT2D eigenvalue weighted by atomic mass is 32.2. The summed E-state index contributed by atoms with van der Waals surface area (Å²) in [4.78, 5) is 28.6. The standard InChI is InChI=1S/C20H20N2O5S2/c1-12(18(25)21(2)11-16(24)13-5-7-14(23)8-6-13)22-19(26)17(29-20(22)28)10-15-4-3-9-27-15/h3-10,12,16,23-24H,11H2,1-2H3. The van der Waals surface area contributed by atoms with Crippen molar-refractivity contribution in [3.63, 3.8) is 0 Å². The minimum Gasteiger partial charge on any atom is -0.508 e. The summed E-state index contributed by atoms with van der Waals surface area (Å²) in [5, 5.41) is 19.7. The van der Waals surface area contributed by atoms with Crippen molar-refractivity contribution in [2.45, 2.75) is 19.1 Å². The lowest BCUT2D eigenvalue weighted by molar-refractivity contribution is -0.139. The van der Waals surface area contributed by atoms with Gasteiger partial charge < -0.3 is 19.5 Å². The van der Waals surface area contributed by atoms with Crippen LogP contribution >= 0.6 is 24.0 Å². The Bertz CT molecular complexity index is 940. The number of carbonyl (C=O) groups excluding carboxylic acids is 2. The smallest absolute Gasteiger partial charge is 0.267 e. The van der Waals surface area contributed by atoms with Crippen LogP contribution in [0.5, 0.6) is 5.75 Å². The Morgan fingerprint density at radius 1 is 1.34 bits per heavy atom. The van der Waals surface area contributed by atoms with Crippen molar-refractivity contribution in [1.82, 2.24) is 9.80 Å². The molecule has 152 valence electrons. The maximum Gasteiger partial charge on any atom is 0.267 e. The van der Waals surface area contributed by atoms with Crippen LogP contribution in [0, 0.1) is 0 Å². The number of hydrogen-bond donors (Lipinski definition) is 2. The minimum absolute atomic E-state index is 0.0327. The van der Waals surface area contributed by atoms with E-state index >= 15 is 0 Å². The van der Waals surface area contributed by atoms with Crippen LogP contribution < -0.4 is 0 Å². The lowest BCUT2D eigenvalue weighted by Gasteiger charge is -2.28. The van der Waals surface area contributed by atoms with E-state index in [0.717, 1.165) is 11.8 Å². The molecular formula is C20H20N2O5S2. The SMILES string of the molecule is CC(C(=O)N(C)CC(O)c1ccc(O)cc1)N1C(=O)C(=Cc2ccco2)SC1=S. The number of carbonyl (C=O) groups is 2. The van der Waals surface area contributed by atoms with E-state index in [4.69, 9.17) is 16.6 Å². The van der Waals surface area contributed by atoms with Gasteiger partial charge in [-0.25, -0.2) is 0 Å². The van der Waals surface area contributed by atoms with Crippen molar-refractivity contribution >= 4 is 46.2 Å². The third-order valence-electron chi connectivity index (χ3n) is 4.49. The molecule has 1 aromatic heterocycles. The second-order valence-corrected chi connectivity index (χ2v) is 8.24. The Morgan fingerprint density at radius 2 is 2.03 bits per heavy atom. The summed E-state index contributed by atoms with van der Waals surface area (Å²) >= 11 is 6.42. The molecule has 1 aliphatic heterocycles. The third kappa shape index (κ3) is 4.69. The summed E-state index contributed by atoms with van der Waals surface area (Å²) in [7, 11) is 1.55. The number of benzene rings is 1. The highest BCUT2D eigenvalue weighted by Gasteiger charge is 2.39. The Labute approximate surface area is 177 Å². The quantitative estimate of drug-likeness (QED) is 0.535. The van der Waals surface area contributed by atoms with Gasteiger partial charge in [-0.1, -0.05) is 36.1 Å². The molecule has 1 fully saturated rings. The van der Waals surface area contributed by atoms with Gasteiger partial charge in [0.25, 0.3) is 5.91 Å². The van der Waals surface area contributed by atoms with Gasteiger partial charge in [0.05, 0.1) is 23.8 Å². The molecule has 2 aromatic rings. The van der Waals surface area contributed by atoms with Crippen LogP contribution in [-0.2, 0) is 9.59 Å². The molecule has 29 heavy (non-hydrogen) atoms. The van der Waals surface area contributed by atoms with Gasteiger partial charge >= 0.3 is 0 Å². The van der Waals surface area contributed by atoms with E-state index in [1.165, 1.54) is 28.2 Å². The summed E-state index contributed by atoms with van der Waals surface area (Å²) in [6.45, 7) is 1.64. The number of aliphatic hydroxyl groups excluding tert-OH is 1. The van der Waals surface area contributed by atoms with Crippen molar-refractivity contribution in [2.24, 2.45) is 0 Å². The first-order valence-electron chi connectivity index (χ1n) is 8.80. The van der Waals surface area contributed by atoms with Crippen LogP contribution in [0.2, 0.25) is 0 Å². The van der Waals surface area contributed by atoms with Crippen LogP contribution in [0.1, 0.15) is 24.4 Å². The molecule has 2 heterocycles. The highest BCUT2D eigenvalue weighted by Crippen LogP contribution is 2.34. The summed E-state index contributed by atoms with van der Waals surface area (Å²) in [5.41, 5.74) is 0.571. The molecule has 2 atom stereocenters. The monoisotopic (exact) mass is 432 g/mol. The number of phenolic OH excluding ortho intramolecular Hbond substituents is 1. The Hall–Kier alpha value is -2.62. The average Bonchev–Trinajstić information content (AvgIpc) is 3.29. The second kappa shape index (κ2) is 8.81. The molecule has 2 N–H and O–H groups in total. The molecule has 0 saturated carbocycles. The van der Waals surface area contributed by atoms with Crippen LogP contribution in [0.4, 0.5) is 0 Å². The number of nitrogens with zero attached hydrogens (tertiary/aromatic N) is 2. The van der Waals surface area contributed by atoms with E-state index in [1.807, 2.05) is 0 Å². The number of aliphatic hydroxyl groups is 1. The molecule has 1 saturated heterocycles. The van der Waals surface area contributed by atoms with E-state index in [-0.39, 0.29) is 24.1 Å². The van der Waals surface area contributed by atoms with E-state index < -0.39 is 12.1 Å². The molecule has 3 rings (SSSR count). The zero-order valence-electron chi connectivity index (χ0n) is 15.8. The topological polar surface area (TPSA) is 94.2 Å². The number of furan rings is 1. The molecule has 2 amide bonds. The normalized spacial score (nSPS) is 17.6. The summed E-state index contributed by atoms with van der Waals surface area (Å²) < 4.78 is 5.52. The Kier molecular flexibility index (Phi) is 6.41. The molecule has 0 bridgehead atoms. The van der Waals surface area contributed by atoms with Gasteiger partial charge in [0, 0.05) is 13.1 Å². The van der Waals surface area contributed by atoms with Crippen LogP contribution in [0.3, 0.4) is 0 Å². The molecule has 7 nitrogen and oxygen atoms in total. The van der Waals surface area contributed by atoms with Gasteiger partial charge in [-0.2, -0.15) is 0 Å². The van der Waals surface area contributed by atoms with Gasteiger partial charge in [-0.3, -0.25) is 14.5 Å². The van der Waals surface area contributed by atoms with Gasteiger partial charge in [0.2, 0.25) is 5.91 Å². The maximum atomic E-state index is 12.8. The molecule has 1 aromatic carbocycles. The second-order valence-electron chi connectivity index (χ2n) is 6.57.